The molecule has 0 bridgehead atoms. The zero-order valence-electron chi connectivity index (χ0n) is 34.7. The van der Waals surface area contributed by atoms with E-state index in [4.69, 9.17) is 12.9 Å². The van der Waals surface area contributed by atoms with Crippen molar-refractivity contribution in [2.75, 3.05) is 0 Å². The van der Waals surface area contributed by atoms with Crippen LogP contribution in [-0.2, 0) is 17.3 Å². The number of hydrogen-bond acceptors (Lipinski definition) is 4. The van der Waals surface area contributed by atoms with Gasteiger partial charge in [0, 0.05) is 28.3 Å². The fraction of sp³-hybridized carbons (Fsp3) is 0.510. The summed E-state index contributed by atoms with van der Waals surface area (Å²) in [6, 6.07) is 18.1. The minimum absolute atomic E-state index is 0.192. The van der Waals surface area contributed by atoms with Crippen LogP contribution in [0.1, 0.15) is 173 Å². The van der Waals surface area contributed by atoms with Crippen molar-refractivity contribution in [1.82, 2.24) is 0 Å². The second kappa shape index (κ2) is 15.1. The van der Waals surface area contributed by atoms with Crippen LogP contribution in [-0.4, -0.2) is 5.11 Å². The van der Waals surface area contributed by atoms with Crippen molar-refractivity contribution in [2.45, 2.75) is 163 Å². The van der Waals surface area contributed by atoms with Crippen LogP contribution in [0.3, 0.4) is 0 Å². The highest BCUT2D eigenvalue weighted by atomic mass is 31.1. The number of phenolic OH excluding ortho intramolecular Hbond substituents is 1. The van der Waals surface area contributed by atoms with Crippen LogP contribution in [0.5, 0.6) is 11.5 Å². The molecule has 7 rings (SSSR count). The van der Waals surface area contributed by atoms with Crippen molar-refractivity contribution in [1.29, 1.82) is 0 Å². The molecule has 0 spiro atoms. The molecule has 288 valence electrons. The van der Waals surface area contributed by atoms with Gasteiger partial charge in [-0.3, -0.25) is 0 Å². The lowest BCUT2D eigenvalue weighted by atomic mass is 9.81. The van der Waals surface area contributed by atoms with Gasteiger partial charge in [0.1, 0.15) is 22.7 Å². The summed E-state index contributed by atoms with van der Waals surface area (Å²) >= 11 is 0. The highest BCUT2D eigenvalue weighted by molar-refractivity contribution is 7.32. The van der Waals surface area contributed by atoms with Crippen LogP contribution >= 0.6 is 8.24 Å². The Balaban J connectivity index is 1.51. The maximum Gasteiger partial charge on any atom is 0.453 e. The van der Waals surface area contributed by atoms with Gasteiger partial charge in [0.25, 0.3) is 0 Å². The molecule has 0 radical (unpaired) electrons. The Kier molecular flexibility index (Phi) is 10.8. The van der Waals surface area contributed by atoms with Gasteiger partial charge >= 0.3 is 8.24 Å². The first-order valence-corrected chi connectivity index (χ1v) is 21.8. The summed E-state index contributed by atoms with van der Waals surface area (Å²) in [5.74, 6) is 2.08. The molecule has 2 fully saturated rings. The predicted octanol–water partition coefficient (Wildman–Crippen LogP) is 15.4. The number of aromatic hydroxyl groups is 1. The second-order valence-electron chi connectivity index (χ2n) is 18.9. The quantitative estimate of drug-likeness (QED) is 0.188. The standard InChI is InChI=1S/C49H63O4P/c1-30-21-36(44(50)42(27-30)48(5,6)7)29-37-22-31(2)28-43(49(8,9)10)45(37)51-54-52-46-38(34-17-13-11-14-18-34)23-32(3)25-40(46)41-26-33(4)24-39(47(41)53-54)35-19-15-12-16-20-35/h21-28,34-35,50H,11-20,29H2,1-10H3. The molecule has 0 unspecified atom stereocenters. The van der Waals surface area contributed by atoms with Crippen molar-refractivity contribution >= 4 is 30.2 Å². The topological polar surface area (TPSA) is 55.7 Å². The second-order valence-corrected chi connectivity index (χ2v) is 19.9. The first-order valence-electron chi connectivity index (χ1n) is 20.7. The number of rotatable bonds is 6. The van der Waals surface area contributed by atoms with Crippen molar-refractivity contribution < 1.29 is 18.0 Å². The Morgan fingerprint density at radius 2 is 1.00 bits per heavy atom. The Morgan fingerprint density at radius 3 is 1.46 bits per heavy atom. The van der Waals surface area contributed by atoms with E-state index < -0.39 is 8.24 Å². The summed E-state index contributed by atoms with van der Waals surface area (Å²) in [4.78, 5) is 0. The molecule has 1 aromatic heterocycles. The van der Waals surface area contributed by atoms with E-state index >= 15 is 0 Å². The summed E-state index contributed by atoms with van der Waals surface area (Å²) < 4.78 is 21.8. The third-order valence-electron chi connectivity index (χ3n) is 12.0. The maximum atomic E-state index is 11.7. The van der Waals surface area contributed by atoms with Crippen LogP contribution in [0.25, 0.3) is 21.9 Å². The van der Waals surface area contributed by atoms with Gasteiger partial charge in [-0.1, -0.05) is 128 Å². The molecule has 0 aliphatic heterocycles. The third kappa shape index (κ3) is 8.02. The van der Waals surface area contributed by atoms with Crippen LogP contribution in [0, 0.1) is 27.7 Å². The van der Waals surface area contributed by atoms with E-state index in [0.717, 1.165) is 55.5 Å². The average Bonchev–Trinajstić information content (AvgIpc) is 3.26. The van der Waals surface area contributed by atoms with Gasteiger partial charge in [-0.05, 0) is 122 Å². The van der Waals surface area contributed by atoms with Gasteiger partial charge in [0.2, 0.25) is 0 Å². The largest absolute Gasteiger partial charge is 0.507 e. The minimum atomic E-state index is -1.91. The maximum absolute atomic E-state index is 11.7. The molecule has 1 heterocycles. The highest BCUT2D eigenvalue weighted by Gasteiger charge is 2.29. The van der Waals surface area contributed by atoms with E-state index in [1.165, 1.54) is 92.0 Å². The Hall–Kier alpha value is -3.62. The molecule has 5 heteroatoms. The zero-order chi connectivity index (χ0) is 38.5. The first-order chi connectivity index (χ1) is 25.6. The van der Waals surface area contributed by atoms with E-state index in [1.54, 1.807) is 0 Å². The molecule has 0 saturated heterocycles. The molecular weight excluding hydrogens is 684 g/mol. The number of hydrogen-bond donors (Lipinski definition) is 1. The summed E-state index contributed by atoms with van der Waals surface area (Å²) in [7, 11) is -1.91. The van der Waals surface area contributed by atoms with E-state index in [-0.39, 0.29) is 10.8 Å². The molecule has 54 heavy (non-hydrogen) atoms. The molecule has 2 aliphatic carbocycles. The SMILES string of the molecule is Cc1cc(Cc2cc(C)cc(C(C)(C)C)c2Op2oc3c(C4CCCCC4)cc(C)cc3c3cc(C)cc(C4CCCCC4)c3o2)c(O)c(C(C)(C)C)c1. The average molecular weight is 747 g/mol. The summed E-state index contributed by atoms with van der Waals surface area (Å²) in [5, 5.41) is 14.0. The van der Waals surface area contributed by atoms with Gasteiger partial charge < -0.3 is 18.0 Å². The Bertz CT molecular complexity index is 2130. The molecule has 4 aromatic carbocycles. The number of fused-ring (bicyclic) bond motifs is 3. The lowest BCUT2D eigenvalue weighted by molar-refractivity contribution is 0.436. The van der Waals surface area contributed by atoms with Crippen LogP contribution < -0.4 is 4.52 Å². The van der Waals surface area contributed by atoms with Crippen molar-refractivity contribution in [3.8, 4) is 11.5 Å². The van der Waals surface area contributed by atoms with Gasteiger partial charge in [-0.2, -0.15) is 0 Å². The van der Waals surface area contributed by atoms with E-state index in [2.05, 4.69) is 118 Å². The molecule has 1 N–H and O–H groups in total. The lowest BCUT2D eigenvalue weighted by Crippen LogP contribution is -2.15. The van der Waals surface area contributed by atoms with Gasteiger partial charge in [-0.15, -0.1) is 0 Å². The third-order valence-corrected chi connectivity index (χ3v) is 13.0. The van der Waals surface area contributed by atoms with Gasteiger partial charge in [0.15, 0.2) is 0 Å². The van der Waals surface area contributed by atoms with Crippen molar-refractivity contribution in [3.63, 3.8) is 0 Å². The van der Waals surface area contributed by atoms with Crippen LogP contribution in [0.4, 0.5) is 0 Å². The van der Waals surface area contributed by atoms with Crippen LogP contribution in [0.15, 0.2) is 56.9 Å². The molecule has 2 aliphatic rings. The van der Waals surface area contributed by atoms with Crippen molar-refractivity contribution in [2.24, 2.45) is 0 Å². The number of benzene rings is 4. The smallest absolute Gasteiger partial charge is 0.453 e. The molecule has 0 amide bonds. The Morgan fingerprint density at radius 1 is 0.574 bits per heavy atom. The minimum Gasteiger partial charge on any atom is -0.507 e. The van der Waals surface area contributed by atoms with E-state index in [9.17, 15) is 5.11 Å². The number of phenols is 1. The normalized spacial score (nSPS) is 16.3. The number of aryl methyl sites for hydroxylation is 4. The lowest BCUT2D eigenvalue weighted by Gasteiger charge is -2.26. The summed E-state index contributed by atoms with van der Waals surface area (Å²) in [6.45, 7) is 22.0. The molecule has 0 atom stereocenters. The molecule has 4 nitrogen and oxygen atoms in total. The predicted molar refractivity (Wildman–Crippen MR) is 228 cm³/mol. The fourth-order valence-corrected chi connectivity index (χ4v) is 10.5. The van der Waals surface area contributed by atoms with E-state index in [0.29, 0.717) is 24.0 Å². The monoisotopic (exact) mass is 746 g/mol. The summed E-state index contributed by atoms with van der Waals surface area (Å²) in [5.41, 5.74) is 12.9. The zero-order valence-corrected chi connectivity index (χ0v) is 35.6. The Labute approximate surface area is 325 Å². The van der Waals surface area contributed by atoms with Gasteiger partial charge in [0.05, 0.1) is 0 Å². The molecule has 5 aromatic rings. The highest BCUT2D eigenvalue weighted by Crippen LogP contribution is 2.49. The van der Waals surface area contributed by atoms with Gasteiger partial charge in [-0.25, -0.2) is 0 Å². The summed E-state index contributed by atoms with van der Waals surface area (Å²) in [6.07, 6.45) is 12.9. The van der Waals surface area contributed by atoms with E-state index in [1.807, 2.05) is 0 Å². The first kappa shape index (κ1) is 38.6. The van der Waals surface area contributed by atoms with Crippen LogP contribution in [0.2, 0.25) is 0 Å². The van der Waals surface area contributed by atoms with Crippen molar-refractivity contribution in [3.05, 3.63) is 104 Å². The fourth-order valence-electron chi connectivity index (χ4n) is 9.33. The molecular formula is C49H63O4P. The molecule has 2 saturated carbocycles.